The molecule has 0 spiro atoms. The van der Waals surface area contributed by atoms with Crippen LogP contribution in [0, 0.1) is 0 Å². The second kappa shape index (κ2) is 9.97. The van der Waals surface area contributed by atoms with E-state index in [-0.39, 0.29) is 52.1 Å². The Morgan fingerprint density at radius 3 is 1.84 bits per heavy atom. The zero-order chi connectivity index (χ0) is 36.0. The monoisotopic (exact) mass is 568 g/mol. The van der Waals surface area contributed by atoms with Crippen LogP contribution < -0.4 is 0 Å². The molecule has 9 rings (SSSR count). The maximum Gasteiger partial charge on any atom is 0.136 e. The Morgan fingerprint density at radius 2 is 1.07 bits per heavy atom. The second-order valence-electron chi connectivity index (χ2n) is 11.0. The molecule has 0 aliphatic heterocycles. The molecule has 1 aromatic heterocycles. The van der Waals surface area contributed by atoms with E-state index in [2.05, 4.69) is 0 Å². The van der Waals surface area contributed by atoms with Crippen LogP contribution in [0.1, 0.15) is 22.1 Å². The minimum absolute atomic E-state index is 0.181. The van der Waals surface area contributed by atoms with Gasteiger partial charge < -0.3 is 4.42 Å². The van der Waals surface area contributed by atoms with Crippen LogP contribution in [0.2, 0.25) is 0 Å². The predicted molar refractivity (Wildman–Crippen MR) is 186 cm³/mol. The van der Waals surface area contributed by atoms with Crippen molar-refractivity contribution in [1.82, 2.24) is 0 Å². The molecule has 0 fully saturated rings. The fourth-order valence-electron chi connectivity index (χ4n) is 6.64. The second-order valence-corrected chi connectivity index (χ2v) is 11.0. The van der Waals surface area contributed by atoms with Gasteiger partial charge in [0, 0.05) is 10.8 Å². The molecule has 0 aliphatic carbocycles. The van der Waals surface area contributed by atoms with Crippen LogP contribution >= 0.6 is 0 Å². The molecular weight excluding hydrogens is 532 g/mol. The number of benzene rings is 8. The molecule has 0 bridgehead atoms. The Kier molecular flexibility index (Phi) is 4.10. The van der Waals surface area contributed by atoms with E-state index in [1.165, 1.54) is 0 Å². The van der Waals surface area contributed by atoms with Crippen molar-refractivity contribution in [1.29, 1.82) is 0 Å². The summed E-state index contributed by atoms with van der Waals surface area (Å²) in [6, 6.07) is 32.4. The lowest BCUT2D eigenvalue weighted by Crippen LogP contribution is -1.96. The first-order valence-electron chi connectivity index (χ1n) is 18.6. The molecular formula is C43H28O. The summed E-state index contributed by atoms with van der Waals surface area (Å²) in [7, 11) is 0. The maximum atomic E-state index is 9.25. The average Bonchev–Trinajstić information content (AvgIpc) is 3.56. The van der Waals surface area contributed by atoms with Crippen molar-refractivity contribution in [2.75, 3.05) is 0 Å². The summed E-state index contributed by atoms with van der Waals surface area (Å²) in [6.45, 7) is 0. The molecule has 44 heavy (non-hydrogen) atoms. The van der Waals surface area contributed by atoms with Gasteiger partial charge in [0.05, 0.1) is 11.0 Å². The minimum Gasteiger partial charge on any atom is -0.456 e. The van der Waals surface area contributed by atoms with Gasteiger partial charge in [0.2, 0.25) is 0 Å². The van der Waals surface area contributed by atoms with E-state index in [4.69, 9.17) is 9.90 Å². The van der Waals surface area contributed by atoms with Crippen LogP contribution in [0.4, 0.5) is 0 Å². The SMILES string of the molecule is [2H]c1c([2H])c([2H])c2c(-c3ccc(-c4cccc5oc6ccccc6c45)cc3)c3c([2H])c([2H])c([2H])c([2H])c3c(Cc3cccc4ccccc34)c2c1[2H]. The fourth-order valence-corrected chi connectivity index (χ4v) is 6.64. The summed E-state index contributed by atoms with van der Waals surface area (Å²) in [6.07, 6.45) is 0.181. The van der Waals surface area contributed by atoms with E-state index in [0.717, 1.165) is 49.4 Å². The van der Waals surface area contributed by atoms with Crippen LogP contribution in [0.3, 0.4) is 0 Å². The molecule has 0 aliphatic rings. The lowest BCUT2D eigenvalue weighted by molar-refractivity contribution is 0.669. The zero-order valence-corrected chi connectivity index (χ0v) is 23.5. The molecule has 0 atom stereocenters. The summed E-state index contributed by atoms with van der Waals surface area (Å²) >= 11 is 0. The average molecular weight is 569 g/mol. The highest BCUT2D eigenvalue weighted by Crippen LogP contribution is 2.42. The highest BCUT2D eigenvalue weighted by molar-refractivity contribution is 6.16. The van der Waals surface area contributed by atoms with Gasteiger partial charge in [-0.3, -0.25) is 0 Å². The van der Waals surface area contributed by atoms with E-state index >= 15 is 0 Å². The Hall–Kier alpha value is -5.66. The Labute approximate surface area is 266 Å². The molecule has 0 radical (unpaired) electrons. The van der Waals surface area contributed by atoms with Gasteiger partial charge in [-0.2, -0.15) is 0 Å². The third-order valence-electron chi connectivity index (χ3n) is 8.61. The van der Waals surface area contributed by atoms with Crippen molar-refractivity contribution < 1.29 is 15.4 Å². The van der Waals surface area contributed by atoms with Gasteiger partial charge in [-0.1, -0.05) is 145 Å². The molecule has 206 valence electrons. The van der Waals surface area contributed by atoms with Crippen LogP contribution in [-0.2, 0) is 6.42 Å². The number of fused-ring (bicyclic) bond motifs is 6. The van der Waals surface area contributed by atoms with Crippen LogP contribution in [0.25, 0.3) is 76.5 Å². The third-order valence-corrected chi connectivity index (χ3v) is 8.61. The fraction of sp³-hybridized carbons (Fsp3) is 0.0233. The molecule has 0 saturated carbocycles. The third kappa shape index (κ3) is 3.87. The molecule has 0 amide bonds. The van der Waals surface area contributed by atoms with Crippen molar-refractivity contribution >= 4 is 54.3 Å². The summed E-state index contributed by atoms with van der Waals surface area (Å²) < 4.78 is 78.0. The van der Waals surface area contributed by atoms with Gasteiger partial charge in [-0.05, 0) is 84.3 Å². The summed E-state index contributed by atoms with van der Waals surface area (Å²) in [5, 5.41) is 4.83. The summed E-state index contributed by atoms with van der Waals surface area (Å²) in [5.41, 5.74) is 5.60. The predicted octanol–water partition coefficient (Wildman–Crippen LogP) is 12.0. The summed E-state index contributed by atoms with van der Waals surface area (Å²) in [4.78, 5) is 0. The van der Waals surface area contributed by atoms with E-state index < -0.39 is 24.2 Å². The summed E-state index contributed by atoms with van der Waals surface area (Å²) in [5.74, 6) is 0. The van der Waals surface area contributed by atoms with Crippen molar-refractivity contribution in [3.8, 4) is 22.3 Å². The molecule has 9 aromatic rings. The molecule has 0 unspecified atom stereocenters. The molecule has 1 nitrogen and oxygen atoms in total. The van der Waals surface area contributed by atoms with Gasteiger partial charge in [0.25, 0.3) is 0 Å². The number of hydrogen-bond acceptors (Lipinski definition) is 1. The van der Waals surface area contributed by atoms with E-state index in [1.807, 2.05) is 109 Å². The lowest BCUT2D eigenvalue weighted by atomic mass is 9.85. The van der Waals surface area contributed by atoms with E-state index in [0.29, 0.717) is 16.7 Å². The van der Waals surface area contributed by atoms with Gasteiger partial charge >= 0.3 is 0 Å². The first kappa shape index (κ1) is 18.1. The number of para-hydroxylation sites is 1. The van der Waals surface area contributed by atoms with Gasteiger partial charge in [0.15, 0.2) is 0 Å². The molecule has 0 saturated heterocycles. The smallest absolute Gasteiger partial charge is 0.136 e. The van der Waals surface area contributed by atoms with Crippen molar-refractivity contribution in [2.45, 2.75) is 6.42 Å². The van der Waals surface area contributed by atoms with Gasteiger partial charge in [-0.25, -0.2) is 0 Å². The molecule has 8 aromatic carbocycles. The standard InChI is InChI=1S/C43H28O/c1-2-14-32-28(11-1)12-9-13-31(32)27-39-34-15-3-5-17-36(34)42(37-18-6-4-16-35(37)39)30-25-23-29(24-26-30)33-20-10-22-41-43(33)38-19-7-8-21-40(38)44-41/h1-26H,27H2/i3D,4D,5D,6D,15D,16D,17D,18D. The Balaban J connectivity index is 1.38. The van der Waals surface area contributed by atoms with Crippen LogP contribution in [0.15, 0.2) is 162 Å². The number of rotatable bonds is 4. The highest BCUT2D eigenvalue weighted by Gasteiger charge is 2.17. The van der Waals surface area contributed by atoms with E-state index in [9.17, 15) is 5.48 Å². The van der Waals surface area contributed by atoms with Crippen molar-refractivity contribution in [3.63, 3.8) is 0 Å². The van der Waals surface area contributed by atoms with Gasteiger partial charge in [-0.15, -0.1) is 0 Å². The van der Waals surface area contributed by atoms with Crippen LogP contribution in [-0.4, -0.2) is 0 Å². The van der Waals surface area contributed by atoms with E-state index in [1.54, 1.807) is 0 Å². The quantitative estimate of drug-likeness (QED) is 0.192. The first-order chi connectivity index (χ1) is 25.2. The number of hydrogen-bond donors (Lipinski definition) is 0. The molecule has 1 heteroatoms. The lowest BCUT2D eigenvalue weighted by Gasteiger charge is -2.18. The topological polar surface area (TPSA) is 13.1 Å². The highest BCUT2D eigenvalue weighted by atomic mass is 16.3. The Bertz CT molecular complexity index is 2880. The minimum atomic E-state index is -0.412. The number of furan rings is 1. The molecule has 0 N–H and O–H groups in total. The van der Waals surface area contributed by atoms with Crippen molar-refractivity contribution in [2.24, 2.45) is 0 Å². The largest absolute Gasteiger partial charge is 0.456 e. The van der Waals surface area contributed by atoms with Gasteiger partial charge in [0.1, 0.15) is 11.2 Å². The zero-order valence-electron chi connectivity index (χ0n) is 31.5. The normalized spacial score (nSPS) is 14.3. The van der Waals surface area contributed by atoms with Crippen LogP contribution in [0.5, 0.6) is 0 Å². The molecule has 1 heterocycles. The first-order valence-corrected chi connectivity index (χ1v) is 14.6. The van der Waals surface area contributed by atoms with Crippen molar-refractivity contribution in [3.05, 3.63) is 169 Å². The Morgan fingerprint density at radius 1 is 0.477 bits per heavy atom. The maximum absolute atomic E-state index is 9.25.